The molecule has 2 aromatic heterocycles. The lowest BCUT2D eigenvalue weighted by molar-refractivity contribution is 0.129. The summed E-state index contributed by atoms with van der Waals surface area (Å²) in [5.74, 6) is 1.56. The van der Waals surface area contributed by atoms with Crippen LogP contribution >= 0.6 is 11.6 Å². The van der Waals surface area contributed by atoms with Gasteiger partial charge in [-0.3, -0.25) is 0 Å². The normalized spacial score (nSPS) is 18.9. The largest absolute Gasteiger partial charge is 0.381 e. The van der Waals surface area contributed by atoms with E-state index in [1.54, 1.807) is 0 Å². The summed E-state index contributed by atoms with van der Waals surface area (Å²) in [7, 11) is 0. The Hall–Kier alpha value is -1.44. The number of nitrogens with zero attached hydrogens (tertiary/aromatic N) is 5. The number of hydrazine groups is 1. The van der Waals surface area contributed by atoms with Gasteiger partial charge in [0.2, 0.25) is 5.28 Å². The standard InChI is InChI=1S/C23H37ClN6O/c1-2-15-31-16-7-3-4-8-18-11-13-29(14-12-18)28-21-20-22(27-23(24)26-21)30(17-25-20)19-9-5-6-10-19/h17-19H,2-16H2,1H3,(H,26,27,28). The van der Waals surface area contributed by atoms with Crippen molar-refractivity contribution in [2.45, 2.75) is 83.6 Å². The Morgan fingerprint density at radius 1 is 1.06 bits per heavy atom. The summed E-state index contributed by atoms with van der Waals surface area (Å²) < 4.78 is 7.77. The fraction of sp³-hybridized carbons (Fsp3) is 0.783. The van der Waals surface area contributed by atoms with E-state index in [1.807, 2.05) is 6.33 Å². The second kappa shape index (κ2) is 11.4. The quantitative estimate of drug-likeness (QED) is 0.355. The molecule has 1 saturated heterocycles. The van der Waals surface area contributed by atoms with Crippen LogP contribution in [0.1, 0.15) is 83.6 Å². The second-order valence-corrected chi connectivity index (χ2v) is 9.45. The number of aromatic nitrogens is 4. The molecule has 4 rings (SSSR count). The van der Waals surface area contributed by atoms with E-state index in [-0.39, 0.29) is 5.28 Å². The van der Waals surface area contributed by atoms with Crippen molar-refractivity contribution in [3.63, 3.8) is 0 Å². The molecule has 2 fully saturated rings. The van der Waals surface area contributed by atoms with Crippen LogP contribution in [0, 0.1) is 5.92 Å². The average Bonchev–Trinajstić information content (AvgIpc) is 3.44. The summed E-state index contributed by atoms with van der Waals surface area (Å²) >= 11 is 6.28. The lowest BCUT2D eigenvalue weighted by Crippen LogP contribution is -2.38. The first-order chi connectivity index (χ1) is 15.2. The fourth-order valence-electron chi connectivity index (χ4n) is 4.96. The van der Waals surface area contributed by atoms with Crippen molar-refractivity contribution in [1.29, 1.82) is 0 Å². The molecule has 7 nitrogen and oxygen atoms in total. The van der Waals surface area contributed by atoms with E-state index in [0.717, 1.165) is 55.6 Å². The summed E-state index contributed by atoms with van der Waals surface area (Å²) in [6, 6.07) is 0.484. The van der Waals surface area contributed by atoms with Crippen LogP contribution in [0.15, 0.2) is 6.33 Å². The van der Waals surface area contributed by atoms with Gasteiger partial charge in [0.15, 0.2) is 17.0 Å². The molecule has 1 saturated carbocycles. The van der Waals surface area contributed by atoms with Gasteiger partial charge in [-0.25, -0.2) is 9.99 Å². The highest BCUT2D eigenvalue weighted by atomic mass is 35.5. The number of hydrogen-bond acceptors (Lipinski definition) is 6. The van der Waals surface area contributed by atoms with Crippen LogP contribution in [0.5, 0.6) is 0 Å². The lowest BCUT2D eigenvalue weighted by atomic mass is 9.92. The summed E-state index contributed by atoms with van der Waals surface area (Å²) in [6.07, 6.45) is 15.5. The molecule has 0 amide bonds. The first-order valence-corrected chi connectivity index (χ1v) is 12.6. The number of unbranched alkanes of at least 4 members (excludes halogenated alkanes) is 2. The highest BCUT2D eigenvalue weighted by molar-refractivity contribution is 6.28. The molecule has 1 N–H and O–H groups in total. The molecule has 0 unspecified atom stereocenters. The smallest absolute Gasteiger partial charge is 0.226 e. The van der Waals surface area contributed by atoms with Crippen molar-refractivity contribution in [3.8, 4) is 0 Å². The van der Waals surface area contributed by atoms with Crippen LogP contribution in [0.4, 0.5) is 5.82 Å². The topological polar surface area (TPSA) is 68.1 Å². The molecule has 3 heterocycles. The molecule has 0 atom stereocenters. The zero-order chi connectivity index (χ0) is 21.5. The SMILES string of the molecule is CCCOCCCCCC1CCN(Nc2nc(Cl)nc3c2ncn3C2CCCC2)CC1. The van der Waals surface area contributed by atoms with Gasteiger partial charge < -0.3 is 14.7 Å². The minimum absolute atomic E-state index is 0.285. The van der Waals surface area contributed by atoms with E-state index < -0.39 is 0 Å². The third-order valence-electron chi connectivity index (χ3n) is 6.74. The Bertz CT molecular complexity index is 814. The Balaban J connectivity index is 1.26. The zero-order valence-electron chi connectivity index (χ0n) is 18.9. The van der Waals surface area contributed by atoms with Gasteiger partial charge in [0.25, 0.3) is 0 Å². The third-order valence-corrected chi connectivity index (χ3v) is 6.91. The Kier molecular flexibility index (Phi) is 8.39. The van der Waals surface area contributed by atoms with Gasteiger partial charge in [-0.05, 0) is 56.0 Å². The first kappa shape index (κ1) is 22.7. The number of ether oxygens (including phenoxy) is 1. The molecule has 0 radical (unpaired) electrons. The molecular weight excluding hydrogens is 412 g/mol. The van der Waals surface area contributed by atoms with Gasteiger partial charge in [0.1, 0.15) is 0 Å². The van der Waals surface area contributed by atoms with Crippen LogP contribution in [-0.4, -0.2) is 50.8 Å². The van der Waals surface area contributed by atoms with Crippen LogP contribution in [-0.2, 0) is 4.74 Å². The molecule has 1 aliphatic heterocycles. The van der Waals surface area contributed by atoms with Crippen molar-refractivity contribution >= 4 is 28.6 Å². The molecule has 0 spiro atoms. The number of piperidine rings is 1. The molecule has 1 aliphatic carbocycles. The van der Waals surface area contributed by atoms with Gasteiger partial charge >= 0.3 is 0 Å². The van der Waals surface area contributed by atoms with Gasteiger partial charge in [0.05, 0.1) is 6.33 Å². The summed E-state index contributed by atoms with van der Waals surface area (Å²) in [6.45, 7) is 6.03. The van der Waals surface area contributed by atoms with Crippen LogP contribution < -0.4 is 5.43 Å². The second-order valence-electron chi connectivity index (χ2n) is 9.11. The maximum atomic E-state index is 6.28. The minimum atomic E-state index is 0.285. The van der Waals surface area contributed by atoms with Crippen molar-refractivity contribution in [2.24, 2.45) is 5.92 Å². The monoisotopic (exact) mass is 448 g/mol. The minimum Gasteiger partial charge on any atom is -0.381 e. The lowest BCUT2D eigenvalue weighted by Gasteiger charge is -2.32. The van der Waals surface area contributed by atoms with Gasteiger partial charge in [-0.1, -0.05) is 39.0 Å². The van der Waals surface area contributed by atoms with Crippen molar-refractivity contribution < 1.29 is 4.74 Å². The molecule has 2 aliphatic rings. The zero-order valence-corrected chi connectivity index (χ0v) is 19.6. The number of fused-ring (bicyclic) bond motifs is 1. The van der Waals surface area contributed by atoms with Gasteiger partial charge in [-0.15, -0.1) is 0 Å². The Morgan fingerprint density at radius 3 is 2.65 bits per heavy atom. The molecule has 0 aromatic carbocycles. The van der Waals surface area contributed by atoms with E-state index in [9.17, 15) is 0 Å². The predicted octanol–water partition coefficient (Wildman–Crippen LogP) is 5.62. The van der Waals surface area contributed by atoms with E-state index in [4.69, 9.17) is 16.3 Å². The highest BCUT2D eigenvalue weighted by Gasteiger charge is 2.24. The van der Waals surface area contributed by atoms with E-state index in [1.165, 1.54) is 64.2 Å². The average molecular weight is 449 g/mol. The fourth-order valence-corrected chi connectivity index (χ4v) is 5.13. The summed E-state index contributed by atoms with van der Waals surface area (Å²) in [4.78, 5) is 13.6. The third kappa shape index (κ3) is 6.08. The van der Waals surface area contributed by atoms with Crippen molar-refractivity contribution in [2.75, 3.05) is 31.7 Å². The number of anilines is 1. The van der Waals surface area contributed by atoms with Gasteiger partial charge in [-0.2, -0.15) is 9.97 Å². The number of hydrogen-bond donors (Lipinski definition) is 1. The number of rotatable bonds is 11. The van der Waals surface area contributed by atoms with Crippen LogP contribution in [0.3, 0.4) is 0 Å². The van der Waals surface area contributed by atoms with Crippen molar-refractivity contribution in [3.05, 3.63) is 11.6 Å². The summed E-state index contributed by atoms with van der Waals surface area (Å²) in [5.41, 5.74) is 5.17. The number of nitrogens with one attached hydrogen (secondary N) is 1. The first-order valence-electron chi connectivity index (χ1n) is 12.2. The number of halogens is 1. The van der Waals surface area contributed by atoms with Crippen LogP contribution in [0.25, 0.3) is 11.2 Å². The number of imidazole rings is 1. The Labute approximate surface area is 190 Å². The van der Waals surface area contributed by atoms with E-state index in [2.05, 4.69) is 36.9 Å². The van der Waals surface area contributed by atoms with Crippen LogP contribution in [0.2, 0.25) is 5.28 Å². The van der Waals surface area contributed by atoms with Crippen molar-refractivity contribution in [1.82, 2.24) is 24.5 Å². The molecule has 2 aromatic rings. The maximum absolute atomic E-state index is 6.28. The molecule has 172 valence electrons. The molecule has 31 heavy (non-hydrogen) atoms. The molecular formula is C23H37ClN6O. The summed E-state index contributed by atoms with van der Waals surface area (Å²) in [5, 5.41) is 2.55. The maximum Gasteiger partial charge on any atom is 0.226 e. The predicted molar refractivity (Wildman–Crippen MR) is 125 cm³/mol. The van der Waals surface area contributed by atoms with Gasteiger partial charge in [0, 0.05) is 32.3 Å². The molecule has 0 bridgehead atoms. The van der Waals surface area contributed by atoms with E-state index >= 15 is 0 Å². The van der Waals surface area contributed by atoms with E-state index in [0.29, 0.717) is 6.04 Å². The Morgan fingerprint density at radius 2 is 1.87 bits per heavy atom. The molecule has 8 heteroatoms. The highest BCUT2D eigenvalue weighted by Crippen LogP contribution is 2.33.